The van der Waals surface area contributed by atoms with Crippen molar-refractivity contribution in [3.05, 3.63) is 48.6 Å². The zero-order valence-corrected chi connectivity index (χ0v) is 48.9. The third-order valence-electron chi connectivity index (χ3n) is 14.9. The van der Waals surface area contributed by atoms with Gasteiger partial charge in [-0.2, -0.15) is 0 Å². The number of amides is 1. The molecule has 0 aromatic carbocycles. The van der Waals surface area contributed by atoms with Gasteiger partial charge >= 0.3 is 5.97 Å². The van der Waals surface area contributed by atoms with Crippen LogP contribution >= 0.6 is 0 Å². The number of ether oxygens (including phenoxy) is 1. The third-order valence-corrected chi connectivity index (χ3v) is 14.9. The molecule has 428 valence electrons. The fraction of sp³-hybridized carbons (Fsp3) is 0.851. The predicted octanol–water partition coefficient (Wildman–Crippen LogP) is 20.5. The van der Waals surface area contributed by atoms with Crippen LogP contribution in [0.25, 0.3) is 0 Å². The van der Waals surface area contributed by atoms with Crippen LogP contribution in [0.3, 0.4) is 0 Å². The Morgan fingerprint density at radius 3 is 1.08 bits per heavy atom. The molecule has 3 N–H and O–H groups in total. The van der Waals surface area contributed by atoms with Gasteiger partial charge in [0.2, 0.25) is 5.91 Å². The average molecular weight is 1020 g/mol. The summed E-state index contributed by atoms with van der Waals surface area (Å²) in [5.41, 5.74) is 0. The number of aliphatic hydroxyl groups excluding tert-OH is 2. The first-order valence-corrected chi connectivity index (χ1v) is 32.4. The Bertz CT molecular complexity index is 1230. The van der Waals surface area contributed by atoms with Crippen LogP contribution in [0.1, 0.15) is 341 Å². The van der Waals surface area contributed by atoms with E-state index in [0.29, 0.717) is 25.9 Å². The van der Waals surface area contributed by atoms with Gasteiger partial charge in [-0.1, -0.05) is 294 Å². The number of rotatable bonds is 60. The van der Waals surface area contributed by atoms with E-state index in [4.69, 9.17) is 4.74 Å². The fourth-order valence-electron chi connectivity index (χ4n) is 9.86. The molecule has 0 saturated carbocycles. The number of hydrogen-bond donors (Lipinski definition) is 3. The van der Waals surface area contributed by atoms with Gasteiger partial charge in [-0.05, 0) is 83.5 Å². The molecule has 2 atom stereocenters. The molecule has 0 spiro atoms. The molecule has 0 bridgehead atoms. The monoisotopic (exact) mass is 1020 g/mol. The Hall–Kier alpha value is -2.18. The molecule has 0 aromatic rings. The van der Waals surface area contributed by atoms with Crippen molar-refractivity contribution in [1.29, 1.82) is 0 Å². The molecule has 0 saturated heterocycles. The molecule has 0 radical (unpaired) electrons. The van der Waals surface area contributed by atoms with Crippen LogP contribution in [-0.2, 0) is 14.3 Å². The standard InChI is InChI=1S/C67H125NO5/c1-3-5-7-9-11-13-15-17-19-20-26-29-32-35-39-43-47-51-55-59-65(70)64(63-69)68-66(71)60-56-52-48-44-40-36-33-30-27-24-22-21-23-25-28-31-34-38-42-46-50-54-58-62-73-67(72)61-57-53-49-45-41-37-18-16-14-12-10-8-6-4-2/h10,12,16,18,21,23-24,27,64-65,69-70H,3-9,11,13-15,17,19-20,22,25-26,28-63H2,1-2H3,(H,68,71)/b12-10-,18-16-,23-21-,27-24-. The van der Waals surface area contributed by atoms with Gasteiger partial charge < -0.3 is 20.3 Å². The quantitative estimate of drug-likeness (QED) is 0.0320. The highest BCUT2D eigenvalue weighted by Gasteiger charge is 2.20. The number of unbranched alkanes of at least 4 members (excludes halogenated alkanes) is 41. The van der Waals surface area contributed by atoms with Crippen molar-refractivity contribution in [1.82, 2.24) is 5.32 Å². The van der Waals surface area contributed by atoms with E-state index in [1.54, 1.807) is 0 Å². The summed E-state index contributed by atoms with van der Waals surface area (Å²) in [6.45, 7) is 4.91. The molecule has 2 unspecified atom stereocenters. The van der Waals surface area contributed by atoms with Gasteiger partial charge in [-0.25, -0.2) is 0 Å². The van der Waals surface area contributed by atoms with Crippen molar-refractivity contribution in [2.75, 3.05) is 13.2 Å². The smallest absolute Gasteiger partial charge is 0.305 e. The molecular formula is C67H125NO5. The van der Waals surface area contributed by atoms with Gasteiger partial charge in [0, 0.05) is 12.8 Å². The van der Waals surface area contributed by atoms with Crippen LogP contribution in [0.5, 0.6) is 0 Å². The summed E-state index contributed by atoms with van der Waals surface area (Å²) in [6, 6.07) is -0.551. The van der Waals surface area contributed by atoms with Gasteiger partial charge in [-0.3, -0.25) is 9.59 Å². The minimum absolute atomic E-state index is 0.00762. The highest BCUT2D eigenvalue weighted by molar-refractivity contribution is 5.76. The lowest BCUT2D eigenvalue weighted by Crippen LogP contribution is -2.45. The lowest BCUT2D eigenvalue weighted by Gasteiger charge is -2.22. The van der Waals surface area contributed by atoms with Crippen LogP contribution in [0.2, 0.25) is 0 Å². The number of esters is 1. The summed E-state index contributed by atoms with van der Waals surface area (Å²) in [5.74, 6) is -0.0510. The van der Waals surface area contributed by atoms with Gasteiger partial charge in [0.05, 0.1) is 25.4 Å². The molecule has 0 aliphatic carbocycles. The van der Waals surface area contributed by atoms with E-state index >= 15 is 0 Å². The van der Waals surface area contributed by atoms with Crippen LogP contribution in [-0.4, -0.2) is 47.4 Å². The van der Waals surface area contributed by atoms with Crippen molar-refractivity contribution in [2.24, 2.45) is 0 Å². The minimum atomic E-state index is -0.673. The Morgan fingerprint density at radius 1 is 0.384 bits per heavy atom. The van der Waals surface area contributed by atoms with Gasteiger partial charge in [0.25, 0.3) is 0 Å². The number of allylic oxidation sites excluding steroid dienone is 8. The molecule has 6 heteroatoms. The molecule has 73 heavy (non-hydrogen) atoms. The van der Waals surface area contributed by atoms with E-state index in [2.05, 4.69) is 67.8 Å². The second-order valence-corrected chi connectivity index (χ2v) is 22.1. The number of carbonyl (C=O) groups excluding carboxylic acids is 2. The van der Waals surface area contributed by atoms with Crippen LogP contribution in [0, 0.1) is 0 Å². The number of carbonyl (C=O) groups is 2. The second kappa shape index (κ2) is 62.4. The Kier molecular flexibility index (Phi) is 60.5. The van der Waals surface area contributed by atoms with Gasteiger partial charge in [0.1, 0.15) is 0 Å². The highest BCUT2D eigenvalue weighted by atomic mass is 16.5. The van der Waals surface area contributed by atoms with Crippen LogP contribution < -0.4 is 5.32 Å². The van der Waals surface area contributed by atoms with E-state index < -0.39 is 12.1 Å². The summed E-state index contributed by atoms with van der Waals surface area (Å²) in [6.07, 6.45) is 79.8. The molecule has 0 aromatic heterocycles. The largest absolute Gasteiger partial charge is 0.466 e. The molecule has 1 amide bonds. The topological polar surface area (TPSA) is 95.9 Å². The first-order valence-electron chi connectivity index (χ1n) is 32.4. The average Bonchev–Trinajstić information content (AvgIpc) is 3.39. The molecule has 0 aliphatic heterocycles. The zero-order chi connectivity index (χ0) is 52.9. The number of hydrogen-bond acceptors (Lipinski definition) is 5. The maximum absolute atomic E-state index is 12.5. The van der Waals surface area contributed by atoms with E-state index in [1.165, 1.54) is 244 Å². The maximum atomic E-state index is 12.5. The predicted molar refractivity (Wildman–Crippen MR) is 319 cm³/mol. The lowest BCUT2D eigenvalue weighted by atomic mass is 10.0. The van der Waals surface area contributed by atoms with E-state index in [-0.39, 0.29) is 18.5 Å². The first kappa shape index (κ1) is 70.8. The van der Waals surface area contributed by atoms with Gasteiger partial charge in [0.15, 0.2) is 0 Å². The van der Waals surface area contributed by atoms with E-state index in [0.717, 1.165) is 64.2 Å². The van der Waals surface area contributed by atoms with Gasteiger partial charge in [-0.15, -0.1) is 0 Å². The lowest BCUT2D eigenvalue weighted by molar-refractivity contribution is -0.143. The Morgan fingerprint density at radius 2 is 0.699 bits per heavy atom. The number of nitrogens with one attached hydrogen (secondary N) is 1. The van der Waals surface area contributed by atoms with Crippen molar-refractivity contribution in [3.8, 4) is 0 Å². The van der Waals surface area contributed by atoms with Crippen molar-refractivity contribution < 1.29 is 24.5 Å². The van der Waals surface area contributed by atoms with Crippen LogP contribution in [0.4, 0.5) is 0 Å². The normalized spacial score (nSPS) is 12.9. The SMILES string of the molecule is CCCC/C=C\C/C=C\CCCCCCCC(=O)OCCCCCCCCCCC/C=C\C/C=C\CCCCCCCCCC(=O)NC(CO)C(O)CCCCCCCCCCCCCCCCCCCCC. The van der Waals surface area contributed by atoms with Crippen molar-refractivity contribution in [2.45, 2.75) is 353 Å². The molecule has 0 fully saturated rings. The Balaban J connectivity index is 3.46. The van der Waals surface area contributed by atoms with Crippen molar-refractivity contribution >= 4 is 11.9 Å². The first-order chi connectivity index (χ1) is 36.0. The molecule has 0 aliphatic rings. The summed E-state index contributed by atoms with van der Waals surface area (Å²) in [4.78, 5) is 24.6. The molecule has 0 rings (SSSR count). The zero-order valence-electron chi connectivity index (χ0n) is 48.9. The summed E-state index contributed by atoms with van der Waals surface area (Å²) >= 11 is 0. The summed E-state index contributed by atoms with van der Waals surface area (Å²) in [5, 5.41) is 23.4. The summed E-state index contributed by atoms with van der Waals surface area (Å²) in [7, 11) is 0. The molecule has 0 heterocycles. The maximum Gasteiger partial charge on any atom is 0.305 e. The highest BCUT2D eigenvalue weighted by Crippen LogP contribution is 2.17. The minimum Gasteiger partial charge on any atom is -0.466 e. The Labute approximate surface area is 455 Å². The van der Waals surface area contributed by atoms with Crippen LogP contribution in [0.15, 0.2) is 48.6 Å². The summed E-state index contributed by atoms with van der Waals surface area (Å²) < 4.78 is 5.47. The molecule has 6 nitrogen and oxygen atoms in total. The molecular weight excluding hydrogens is 899 g/mol. The van der Waals surface area contributed by atoms with E-state index in [9.17, 15) is 19.8 Å². The number of aliphatic hydroxyl groups is 2. The van der Waals surface area contributed by atoms with Crippen molar-refractivity contribution in [3.63, 3.8) is 0 Å². The van der Waals surface area contributed by atoms with E-state index in [1.807, 2.05) is 0 Å². The fourth-order valence-corrected chi connectivity index (χ4v) is 9.86. The second-order valence-electron chi connectivity index (χ2n) is 22.1. The third kappa shape index (κ3) is 58.9.